The van der Waals surface area contributed by atoms with Gasteiger partial charge in [-0.1, -0.05) is 0 Å². The molecule has 0 aliphatic rings. The Morgan fingerprint density at radius 1 is 0.565 bits per heavy atom. The van der Waals surface area contributed by atoms with Crippen molar-refractivity contribution in [2.45, 2.75) is 120 Å². The van der Waals surface area contributed by atoms with Crippen LogP contribution in [0.1, 0.15) is 111 Å². The number of rotatable bonds is 17. The summed E-state index contributed by atoms with van der Waals surface area (Å²) in [6, 6.07) is 0. The van der Waals surface area contributed by atoms with Crippen LogP contribution in [-0.4, -0.2) is 50.7 Å². The first-order valence-corrected chi connectivity index (χ1v) is 15.7. The van der Waals surface area contributed by atoms with Crippen molar-refractivity contribution in [1.29, 1.82) is 0 Å². The Morgan fingerprint density at radius 3 is 1.30 bits per heavy atom. The Kier molecular flexibility index (Phi) is 33.0. The summed E-state index contributed by atoms with van der Waals surface area (Å²) >= 11 is 1.03. The van der Waals surface area contributed by atoms with E-state index in [-0.39, 0.29) is 21.1 Å². The van der Waals surface area contributed by atoms with Gasteiger partial charge in [0.25, 0.3) is 0 Å². The Morgan fingerprint density at radius 2 is 0.957 bits per heavy atom. The second-order valence-corrected chi connectivity index (χ2v) is 11.7. The molecule has 0 rings (SSSR count). The zero-order valence-electron chi connectivity index (χ0n) is 16.5. The molecule has 0 aromatic carbocycles. The maximum atomic E-state index is 4.91. The predicted octanol–water partition coefficient (Wildman–Crippen LogP) is 6.87. The Bertz CT molecular complexity index is 159. The third kappa shape index (κ3) is 31.8. The van der Waals surface area contributed by atoms with Crippen molar-refractivity contribution < 1.29 is 3.07 Å². The van der Waals surface area contributed by atoms with Crippen LogP contribution >= 0.6 is 0 Å². The summed E-state index contributed by atoms with van der Waals surface area (Å²) in [5, 5.41) is 0. The van der Waals surface area contributed by atoms with Crippen LogP contribution in [-0.2, 0) is 3.07 Å². The molecule has 3 heteroatoms. The first kappa shape index (κ1) is 26.8. The van der Waals surface area contributed by atoms with E-state index in [2.05, 4.69) is 20.8 Å². The molecular formula is C20H44OSn2. The van der Waals surface area contributed by atoms with Crippen molar-refractivity contribution in [3.05, 3.63) is 0 Å². The second kappa shape index (κ2) is 28.4. The topological polar surface area (TPSA) is 9.23 Å². The van der Waals surface area contributed by atoms with E-state index in [0.29, 0.717) is 0 Å². The monoisotopic (exact) mass is 540 g/mol. The third-order valence-electron chi connectivity index (χ3n) is 4.03. The Labute approximate surface area is 172 Å². The van der Waals surface area contributed by atoms with Gasteiger partial charge in [0.1, 0.15) is 0 Å². The normalized spacial score (nSPS) is 10.4. The fourth-order valence-corrected chi connectivity index (χ4v) is 6.46. The van der Waals surface area contributed by atoms with E-state index in [1.807, 2.05) is 0 Å². The van der Waals surface area contributed by atoms with Crippen molar-refractivity contribution in [2.75, 3.05) is 6.61 Å². The molecule has 0 unspecified atom stereocenters. The van der Waals surface area contributed by atoms with E-state index in [0.717, 1.165) is 29.5 Å². The molecule has 0 heterocycles. The summed E-state index contributed by atoms with van der Waals surface area (Å²) < 4.78 is 8.23. The van der Waals surface area contributed by atoms with Crippen LogP contribution in [0.15, 0.2) is 0 Å². The van der Waals surface area contributed by atoms with Gasteiger partial charge < -0.3 is 0 Å². The van der Waals surface area contributed by atoms with Crippen LogP contribution in [0.25, 0.3) is 0 Å². The molecule has 23 heavy (non-hydrogen) atoms. The van der Waals surface area contributed by atoms with E-state index >= 15 is 0 Å². The molecule has 0 aromatic heterocycles. The van der Waals surface area contributed by atoms with Crippen molar-refractivity contribution in [3.8, 4) is 0 Å². The fraction of sp³-hybridized carbons (Fsp3) is 1.00. The van der Waals surface area contributed by atoms with E-state index in [9.17, 15) is 0 Å². The molecule has 4 radical (unpaired) electrons. The number of hydrogen-bond acceptors (Lipinski definition) is 1. The second-order valence-electron chi connectivity index (χ2n) is 6.51. The standard InChI is InChI=1S/2C8H17.C4H9O.2Sn.H/c2*1-3-5-7-8-6-4-2;1-2-3-4-5;;;/h2*1,3-8H2,2H3;2-4H2,1H3;;;/q;;-1;;+1;. The van der Waals surface area contributed by atoms with E-state index < -0.39 is 0 Å². The zero-order valence-corrected chi connectivity index (χ0v) is 22.7. The van der Waals surface area contributed by atoms with Crippen LogP contribution < -0.4 is 0 Å². The summed E-state index contributed by atoms with van der Waals surface area (Å²) in [6.45, 7) is 7.74. The molecule has 0 saturated carbocycles. The summed E-state index contributed by atoms with van der Waals surface area (Å²) in [5.74, 6) is 0. The maximum absolute atomic E-state index is 4.91. The quantitative estimate of drug-likeness (QED) is 0.145. The predicted molar refractivity (Wildman–Crippen MR) is 110 cm³/mol. The molecule has 0 saturated heterocycles. The molecule has 1 nitrogen and oxygen atoms in total. The van der Waals surface area contributed by atoms with Gasteiger partial charge in [-0.3, -0.25) is 0 Å². The molecule has 0 N–H and O–H groups in total. The van der Waals surface area contributed by atoms with Crippen LogP contribution in [0.3, 0.4) is 0 Å². The molecule has 0 aromatic rings. The van der Waals surface area contributed by atoms with Gasteiger partial charge in [-0.15, -0.1) is 0 Å². The SMILES string of the molecule is CCCCCCC[CH2][Sn][CH2]CCCCCCC.CCCC[O][SnH]. The van der Waals surface area contributed by atoms with E-state index in [1.54, 1.807) is 21.7 Å². The van der Waals surface area contributed by atoms with E-state index in [4.69, 9.17) is 3.07 Å². The van der Waals surface area contributed by atoms with E-state index in [1.165, 1.54) is 77.0 Å². The van der Waals surface area contributed by atoms with Crippen LogP contribution in [0.2, 0.25) is 8.87 Å². The molecule has 0 atom stereocenters. The summed E-state index contributed by atoms with van der Waals surface area (Å²) in [5.41, 5.74) is 0. The van der Waals surface area contributed by atoms with Crippen LogP contribution in [0.5, 0.6) is 0 Å². The van der Waals surface area contributed by atoms with Gasteiger partial charge in [0.15, 0.2) is 0 Å². The Hall–Kier alpha value is 1.56. The Balaban J connectivity index is 0. The summed E-state index contributed by atoms with van der Waals surface area (Å²) in [7, 11) is 0. The van der Waals surface area contributed by atoms with Gasteiger partial charge in [-0.2, -0.15) is 0 Å². The number of hydrogen-bond donors (Lipinski definition) is 0. The van der Waals surface area contributed by atoms with Gasteiger partial charge in [0.05, 0.1) is 0 Å². The van der Waals surface area contributed by atoms with Crippen molar-refractivity contribution in [2.24, 2.45) is 0 Å². The minimum atomic E-state index is 0.0736. The van der Waals surface area contributed by atoms with Gasteiger partial charge in [-0.25, -0.2) is 0 Å². The van der Waals surface area contributed by atoms with Gasteiger partial charge in [0, 0.05) is 0 Å². The first-order valence-electron chi connectivity index (χ1n) is 10.4. The molecule has 0 amide bonds. The first-order chi connectivity index (χ1) is 11.3. The summed E-state index contributed by atoms with van der Waals surface area (Å²) in [4.78, 5) is 0. The molecular weight excluding hydrogens is 494 g/mol. The third-order valence-corrected chi connectivity index (χ3v) is 8.74. The minimum absolute atomic E-state index is 0.0736. The van der Waals surface area contributed by atoms with Crippen molar-refractivity contribution >= 4 is 44.1 Å². The molecule has 0 aliphatic heterocycles. The molecule has 0 bridgehead atoms. The average Bonchev–Trinajstić information content (AvgIpc) is 2.58. The van der Waals surface area contributed by atoms with Crippen LogP contribution in [0.4, 0.5) is 0 Å². The summed E-state index contributed by atoms with van der Waals surface area (Å²) in [6.07, 6.45) is 20.3. The molecule has 0 spiro atoms. The molecule has 0 aliphatic carbocycles. The zero-order chi connectivity index (χ0) is 17.4. The van der Waals surface area contributed by atoms with Gasteiger partial charge in [0.2, 0.25) is 0 Å². The van der Waals surface area contributed by atoms with Crippen molar-refractivity contribution in [1.82, 2.24) is 0 Å². The van der Waals surface area contributed by atoms with Crippen LogP contribution in [0, 0.1) is 0 Å². The number of unbranched alkanes of at least 4 members (excludes halogenated alkanes) is 11. The van der Waals surface area contributed by atoms with Gasteiger partial charge >= 0.3 is 173 Å². The van der Waals surface area contributed by atoms with Gasteiger partial charge in [-0.05, 0) is 0 Å². The fourth-order valence-electron chi connectivity index (χ4n) is 2.41. The molecule has 0 fully saturated rings. The molecule has 138 valence electrons. The average molecular weight is 538 g/mol. The van der Waals surface area contributed by atoms with Crippen molar-refractivity contribution in [3.63, 3.8) is 0 Å².